The summed E-state index contributed by atoms with van der Waals surface area (Å²) in [5, 5.41) is 9.36. The number of hydrogen-bond donors (Lipinski definition) is 4. The second kappa shape index (κ2) is 9.04. The first-order chi connectivity index (χ1) is 10.9. The Morgan fingerprint density at radius 3 is 2.43 bits per heavy atom. The van der Waals surface area contributed by atoms with E-state index in [2.05, 4.69) is 20.8 Å². The van der Waals surface area contributed by atoms with Crippen LogP contribution in [0.25, 0.3) is 0 Å². The van der Waals surface area contributed by atoms with E-state index in [0.29, 0.717) is 23.4 Å². The van der Waals surface area contributed by atoms with Gasteiger partial charge in [0.2, 0.25) is 0 Å². The molecule has 2 aliphatic rings. The third-order valence-electron chi connectivity index (χ3n) is 5.52. The fourth-order valence-corrected chi connectivity index (χ4v) is 4.94. The molecule has 3 atom stereocenters. The van der Waals surface area contributed by atoms with Gasteiger partial charge in [0, 0.05) is 0 Å². The SMILES string of the molecule is CC1CC(OCC(S)C[NH+]2CC[NH+](CCO)CC2)CC(C)(C)C1. The second-order valence-corrected chi connectivity index (χ2v) is 9.43. The van der Waals surface area contributed by atoms with Gasteiger partial charge in [-0.1, -0.05) is 20.8 Å². The Kier molecular flexibility index (Phi) is 7.67. The van der Waals surface area contributed by atoms with E-state index in [-0.39, 0.29) is 0 Å². The summed E-state index contributed by atoms with van der Waals surface area (Å²) >= 11 is 4.78. The molecule has 1 aliphatic heterocycles. The monoisotopic (exact) mass is 346 g/mol. The van der Waals surface area contributed by atoms with Gasteiger partial charge in [-0.05, 0) is 30.6 Å². The molecule has 136 valence electrons. The molecule has 1 saturated carbocycles. The van der Waals surface area contributed by atoms with Gasteiger partial charge in [-0.3, -0.25) is 0 Å². The van der Waals surface area contributed by atoms with Gasteiger partial charge in [-0.25, -0.2) is 0 Å². The molecule has 3 unspecified atom stereocenters. The van der Waals surface area contributed by atoms with Crippen LogP contribution in [0.5, 0.6) is 0 Å². The Hall–Kier alpha value is 0.190. The molecule has 0 aromatic carbocycles. The molecule has 2 fully saturated rings. The number of piperazine rings is 1. The summed E-state index contributed by atoms with van der Waals surface area (Å²) < 4.78 is 6.22. The third kappa shape index (κ3) is 6.91. The van der Waals surface area contributed by atoms with Crippen LogP contribution in [0.1, 0.15) is 40.0 Å². The van der Waals surface area contributed by atoms with Gasteiger partial charge in [0.25, 0.3) is 0 Å². The number of rotatable bonds is 7. The van der Waals surface area contributed by atoms with Gasteiger partial charge in [0.1, 0.15) is 32.7 Å². The van der Waals surface area contributed by atoms with E-state index in [4.69, 9.17) is 22.5 Å². The van der Waals surface area contributed by atoms with Crippen LogP contribution in [0, 0.1) is 11.3 Å². The van der Waals surface area contributed by atoms with Gasteiger partial charge >= 0.3 is 0 Å². The molecule has 4 nitrogen and oxygen atoms in total. The summed E-state index contributed by atoms with van der Waals surface area (Å²) in [6, 6.07) is 0. The highest BCUT2D eigenvalue weighted by atomic mass is 32.1. The average molecular weight is 347 g/mol. The first-order valence-corrected chi connectivity index (χ1v) is 9.97. The van der Waals surface area contributed by atoms with Crippen LogP contribution >= 0.6 is 12.6 Å². The first kappa shape index (κ1) is 19.5. The Labute approximate surface area is 148 Å². The summed E-state index contributed by atoms with van der Waals surface area (Å²) in [7, 11) is 0. The molecule has 3 N–H and O–H groups in total. The minimum Gasteiger partial charge on any atom is -0.391 e. The van der Waals surface area contributed by atoms with Crippen molar-refractivity contribution in [3.05, 3.63) is 0 Å². The fraction of sp³-hybridized carbons (Fsp3) is 1.00. The largest absolute Gasteiger partial charge is 0.391 e. The lowest BCUT2D eigenvalue weighted by Crippen LogP contribution is -3.28. The number of quaternary nitrogens is 2. The quantitative estimate of drug-likeness (QED) is 0.460. The Morgan fingerprint density at radius 1 is 1.17 bits per heavy atom. The molecule has 2 rings (SSSR count). The lowest BCUT2D eigenvalue weighted by Gasteiger charge is -2.39. The third-order valence-corrected chi connectivity index (χ3v) is 5.86. The number of aliphatic hydroxyl groups excluding tert-OH is 1. The lowest BCUT2D eigenvalue weighted by molar-refractivity contribution is -1.01. The van der Waals surface area contributed by atoms with Crippen LogP contribution in [0.2, 0.25) is 0 Å². The second-order valence-electron chi connectivity index (χ2n) is 8.70. The van der Waals surface area contributed by atoms with Crippen molar-refractivity contribution in [2.75, 3.05) is 52.5 Å². The van der Waals surface area contributed by atoms with Crippen LogP contribution < -0.4 is 9.80 Å². The Bertz CT molecular complexity index is 346. The van der Waals surface area contributed by atoms with E-state index in [1.165, 1.54) is 45.4 Å². The van der Waals surface area contributed by atoms with Crippen LogP contribution in [-0.4, -0.2) is 68.9 Å². The standard InChI is InChI=1S/C18H36N2O2S/c1-15-10-16(12-18(2,3)11-15)22-14-17(23)13-20-6-4-19(5-7-20)8-9-21/h15-17,21,23H,4-14H2,1-3H3/p+2. The molecule has 1 aliphatic carbocycles. The van der Waals surface area contributed by atoms with Crippen molar-refractivity contribution < 1.29 is 19.6 Å². The van der Waals surface area contributed by atoms with Crippen LogP contribution in [0.4, 0.5) is 0 Å². The van der Waals surface area contributed by atoms with E-state index in [1.54, 1.807) is 9.80 Å². The molecule has 1 saturated heterocycles. The van der Waals surface area contributed by atoms with Crippen LogP contribution in [-0.2, 0) is 4.74 Å². The van der Waals surface area contributed by atoms with Gasteiger partial charge in [0.05, 0.1) is 31.1 Å². The lowest BCUT2D eigenvalue weighted by atomic mass is 9.71. The highest BCUT2D eigenvalue weighted by molar-refractivity contribution is 7.81. The van der Waals surface area contributed by atoms with Gasteiger partial charge in [-0.15, -0.1) is 0 Å². The van der Waals surface area contributed by atoms with Crippen molar-refractivity contribution >= 4 is 12.6 Å². The van der Waals surface area contributed by atoms with Crippen molar-refractivity contribution in [3.63, 3.8) is 0 Å². The maximum atomic E-state index is 9.02. The van der Waals surface area contributed by atoms with E-state index >= 15 is 0 Å². The zero-order chi connectivity index (χ0) is 16.9. The first-order valence-electron chi connectivity index (χ1n) is 9.45. The molecule has 0 aromatic rings. The predicted octanol–water partition coefficient (Wildman–Crippen LogP) is -0.708. The Morgan fingerprint density at radius 2 is 1.83 bits per heavy atom. The van der Waals surface area contributed by atoms with Gasteiger partial charge in [-0.2, -0.15) is 12.6 Å². The zero-order valence-electron chi connectivity index (χ0n) is 15.3. The summed E-state index contributed by atoms with van der Waals surface area (Å²) in [5.41, 5.74) is 0.422. The van der Waals surface area contributed by atoms with Crippen LogP contribution in [0.3, 0.4) is 0 Å². The molecule has 0 spiro atoms. The molecule has 0 radical (unpaired) electrons. The molecule has 0 aromatic heterocycles. The van der Waals surface area contributed by atoms with E-state index < -0.39 is 0 Å². The van der Waals surface area contributed by atoms with Crippen molar-refractivity contribution in [1.29, 1.82) is 0 Å². The average Bonchev–Trinajstić information content (AvgIpc) is 2.45. The summed E-state index contributed by atoms with van der Waals surface area (Å²) in [4.78, 5) is 3.19. The molecule has 0 bridgehead atoms. The van der Waals surface area contributed by atoms with E-state index in [0.717, 1.165) is 25.6 Å². The van der Waals surface area contributed by atoms with Gasteiger partial charge in [0.15, 0.2) is 0 Å². The molecular formula is C18H38N2O2S+2. The zero-order valence-corrected chi connectivity index (χ0v) is 16.2. The highest BCUT2D eigenvalue weighted by Gasteiger charge is 2.33. The van der Waals surface area contributed by atoms with Crippen molar-refractivity contribution in [1.82, 2.24) is 0 Å². The van der Waals surface area contributed by atoms with Crippen molar-refractivity contribution in [3.8, 4) is 0 Å². The van der Waals surface area contributed by atoms with E-state index in [1.807, 2.05) is 0 Å². The maximum Gasteiger partial charge on any atom is 0.127 e. The highest BCUT2D eigenvalue weighted by Crippen LogP contribution is 2.39. The topological polar surface area (TPSA) is 38.3 Å². The maximum absolute atomic E-state index is 9.02. The normalized spacial score (nSPS) is 35.9. The summed E-state index contributed by atoms with van der Waals surface area (Å²) in [6.45, 7) is 14.9. The summed E-state index contributed by atoms with van der Waals surface area (Å²) in [6.07, 6.45) is 4.14. The minimum absolute atomic E-state index is 0.309. The van der Waals surface area contributed by atoms with Crippen molar-refractivity contribution in [2.24, 2.45) is 11.3 Å². The smallest absolute Gasteiger partial charge is 0.127 e. The molecule has 23 heavy (non-hydrogen) atoms. The molecule has 1 heterocycles. The number of hydrogen-bond acceptors (Lipinski definition) is 3. The van der Waals surface area contributed by atoms with Crippen LogP contribution in [0.15, 0.2) is 0 Å². The minimum atomic E-state index is 0.309. The predicted molar refractivity (Wildman–Crippen MR) is 97.5 cm³/mol. The Balaban J connectivity index is 1.64. The van der Waals surface area contributed by atoms with E-state index in [9.17, 15) is 0 Å². The number of ether oxygens (including phenoxy) is 1. The fourth-order valence-electron chi connectivity index (χ4n) is 4.59. The number of aliphatic hydroxyl groups is 1. The van der Waals surface area contributed by atoms with Gasteiger partial charge < -0.3 is 19.6 Å². The number of nitrogens with one attached hydrogen (secondary N) is 2. The molecular weight excluding hydrogens is 308 g/mol. The number of thiol groups is 1. The summed E-state index contributed by atoms with van der Waals surface area (Å²) in [5.74, 6) is 0.773. The molecule has 5 heteroatoms. The van der Waals surface area contributed by atoms with Crippen molar-refractivity contribution in [2.45, 2.75) is 51.4 Å². The molecule has 0 amide bonds.